The molecule has 2 aromatic rings. The first kappa shape index (κ1) is 16.9. The number of aromatic hydroxyl groups is 1. The quantitative estimate of drug-likeness (QED) is 0.882. The molecule has 0 amide bonds. The number of rotatable bonds is 3. The Morgan fingerprint density at radius 3 is 2.78 bits per heavy atom. The summed E-state index contributed by atoms with van der Waals surface area (Å²) in [7, 11) is 0. The number of phenolic OH excluding ortho intramolecular Hbond substituents is 1. The van der Waals surface area contributed by atoms with Gasteiger partial charge in [0.25, 0.3) is 0 Å². The van der Waals surface area contributed by atoms with Crippen LogP contribution < -0.4 is 4.90 Å². The van der Waals surface area contributed by atoms with Crippen molar-refractivity contribution in [2.24, 2.45) is 0 Å². The molecule has 0 saturated carbocycles. The van der Waals surface area contributed by atoms with Crippen molar-refractivity contribution >= 4 is 6.01 Å². The minimum atomic E-state index is -0.285. The SMILES string of the molecule is Oc1ccc(F)cc1C1CCN(C2COC3(C2)CN(c2nnco2)C3)CC1. The fraction of sp³-hybridized carbons (Fsp3) is 0.579. The van der Waals surface area contributed by atoms with Gasteiger partial charge in [0.1, 0.15) is 17.2 Å². The van der Waals surface area contributed by atoms with Gasteiger partial charge in [-0.3, -0.25) is 4.90 Å². The van der Waals surface area contributed by atoms with E-state index in [1.54, 1.807) is 0 Å². The second-order valence-corrected chi connectivity index (χ2v) is 7.94. The smallest absolute Gasteiger partial charge is 0.318 e. The molecule has 0 bridgehead atoms. The molecule has 8 heteroatoms. The summed E-state index contributed by atoms with van der Waals surface area (Å²) < 4.78 is 24.9. The third-order valence-corrected chi connectivity index (χ3v) is 6.24. The van der Waals surface area contributed by atoms with Crippen LogP contribution >= 0.6 is 0 Å². The fourth-order valence-corrected chi connectivity index (χ4v) is 4.79. The zero-order valence-electron chi connectivity index (χ0n) is 15.1. The van der Waals surface area contributed by atoms with Crippen LogP contribution in [0.1, 0.15) is 30.7 Å². The van der Waals surface area contributed by atoms with Gasteiger partial charge in [-0.1, -0.05) is 5.10 Å². The van der Waals surface area contributed by atoms with Crippen LogP contribution in [-0.4, -0.2) is 64.6 Å². The zero-order valence-corrected chi connectivity index (χ0v) is 15.1. The van der Waals surface area contributed by atoms with Crippen LogP contribution in [0.5, 0.6) is 5.75 Å². The van der Waals surface area contributed by atoms with Crippen molar-refractivity contribution in [3.8, 4) is 5.75 Å². The van der Waals surface area contributed by atoms with E-state index in [9.17, 15) is 9.50 Å². The molecule has 3 aliphatic heterocycles. The van der Waals surface area contributed by atoms with Crippen molar-refractivity contribution in [2.45, 2.75) is 36.8 Å². The van der Waals surface area contributed by atoms with Gasteiger partial charge in [-0.2, -0.15) is 0 Å². The number of halogens is 1. The maximum Gasteiger partial charge on any atom is 0.318 e. The molecule has 1 aromatic carbocycles. The predicted octanol–water partition coefficient (Wildman–Crippen LogP) is 2.14. The van der Waals surface area contributed by atoms with Crippen molar-refractivity contribution in [2.75, 3.05) is 37.7 Å². The van der Waals surface area contributed by atoms with E-state index < -0.39 is 0 Å². The lowest BCUT2D eigenvalue weighted by atomic mass is 9.86. The van der Waals surface area contributed by atoms with Crippen molar-refractivity contribution in [1.82, 2.24) is 15.1 Å². The number of hydrogen-bond acceptors (Lipinski definition) is 7. The molecule has 0 aliphatic carbocycles. The predicted molar refractivity (Wildman–Crippen MR) is 95.2 cm³/mol. The average molecular weight is 374 g/mol. The summed E-state index contributed by atoms with van der Waals surface area (Å²) in [5, 5.41) is 17.7. The van der Waals surface area contributed by atoms with Gasteiger partial charge in [-0.05, 0) is 62.0 Å². The minimum absolute atomic E-state index is 0.100. The van der Waals surface area contributed by atoms with E-state index in [1.165, 1.54) is 24.6 Å². The molecule has 1 aromatic heterocycles. The third-order valence-electron chi connectivity index (χ3n) is 6.24. The number of benzene rings is 1. The Hall–Kier alpha value is -2.19. The monoisotopic (exact) mass is 374 g/mol. The first-order valence-corrected chi connectivity index (χ1v) is 9.49. The van der Waals surface area contributed by atoms with Gasteiger partial charge in [0, 0.05) is 6.04 Å². The topological polar surface area (TPSA) is 74.9 Å². The van der Waals surface area contributed by atoms with Crippen LogP contribution in [-0.2, 0) is 4.74 Å². The van der Waals surface area contributed by atoms with Crippen LogP contribution in [0.4, 0.5) is 10.4 Å². The molecule has 1 unspecified atom stereocenters. The number of piperidine rings is 1. The van der Waals surface area contributed by atoms with Crippen molar-refractivity contribution in [3.05, 3.63) is 36.0 Å². The molecule has 0 radical (unpaired) electrons. The molecule has 1 spiro atoms. The maximum absolute atomic E-state index is 13.5. The number of ether oxygens (including phenoxy) is 1. The largest absolute Gasteiger partial charge is 0.508 e. The summed E-state index contributed by atoms with van der Waals surface area (Å²) in [4.78, 5) is 4.53. The molecule has 1 atom stereocenters. The summed E-state index contributed by atoms with van der Waals surface area (Å²) >= 11 is 0. The summed E-state index contributed by atoms with van der Waals surface area (Å²) in [6.45, 7) is 4.21. The Bertz CT molecular complexity index is 801. The van der Waals surface area contributed by atoms with E-state index in [0.29, 0.717) is 12.1 Å². The molecule has 3 fully saturated rings. The Morgan fingerprint density at radius 2 is 2.04 bits per heavy atom. The summed E-state index contributed by atoms with van der Waals surface area (Å²) in [5.74, 6) is 0.130. The van der Waals surface area contributed by atoms with Crippen LogP contribution in [0.15, 0.2) is 29.0 Å². The minimum Gasteiger partial charge on any atom is -0.508 e. The van der Waals surface area contributed by atoms with Gasteiger partial charge in [-0.25, -0.2) is 4.39 Å². The summed E-state index contributed by atoms with van der Waals surface area (Å²) in [6, 6.07) is 5.21. The highest BCUT2D eigenvalue weighted by atomic mass is 19.1. The Labute approximate surface area is 156 Å². The van der Waals surface area contributed by atoms with Crippen LogP contribution in [0.3, 0.4) is 0 Å². The van der Waals surface area contributed by atoms with E-state index in [0.717, 1.165) is 57.6 Å². The highest BCUT2D eigenvalue weighted by molar-refractivity contribution is 5.36. The summed E-state index contributed by atoms with van der Waals surface area (Å²) in [6.07, 6.45) is 4.20. The number of likely N-dealkylation sites (tertiary alicyclic amines) is 1. The lowest BCUT2D eigenvalue weighted by Crippen LogP contribution is -2.62. The van der Waals surface area contributed by atoms with Crippen molar-refractivity contribution in [1.29, 1.82) is 0 Å². The second-order valence-electron chi connectivity index (χ2n) is 7.94. The molecule has 5 rings (SSSR count). The van der Waals surface area contributed by atoms with Gasteiger partial charge in [0.15, 0.2) is 0 Å². The molecule has 1 N–H and O–H groups in total. The average Bonchev–Trinajstić information content (AvgIpc) is 3.32. The van der Waals surface area contributed by atoms with Crippen LogP contribution in [0, 0.1) is 5.82 Å². The number of aromatic nitrogens is 2. The van der Waals surface area contributed by atoms with E-state index in [4.69, 9.17) is 9.15 Å². The molecular formula is C19H23FN4O3. The molecule has 144 valence electrons. The Kier molecular flexibility index (Phi) is 4.05. The zero-order chi connectivity index (χ0) is 18.4. The summed E-state index contributed by atoms with van der Waals surface area (Å²) in [5.41, 5.74) is 0.638. The van der Waals surface area contributed by atoms with Gasteiger partial charge in [0.05, 0.1) is 19.7 Å². The third kappa shape index (κ3) is 3.06. The normalized spacial score (nSPS) is 25.8. The lowest BCUT2D eigenvalue weighted by Gasteiger charge is -2.46. The van der Waals surface area contributed by atoms with Gasteiger partial charge >= 0.3 is 6.01 Å². The van der Waals surface area contributed by atoms with Crippen molar-refractivity contribution in [3.63, 3.8) is 0 Å². The molecular weight excluding hydrogens is 351 g/mol. The van der Waals surface area contributed by atoms with E-state index in [1.807, 2.05) is 4.90 Å². The molecule has 3 saturated heterocycles. The number of phenols is 1. The molecule has 4 heterocycles. The van der Waals surface area contributed by atoms with Gasteiger partial charge < -0.3 is 19.2 Å². The first-order valence-electron chi connectivity index (χ1n) is 9.49. The van der Waals surface area contributed by atoms with Gasteiger partial charge in [0.2, 0.25) is 6.39 Å². The molecule has 27 heavy (non-hydrogen) atoms. The van der Waals surface area contributed by atoms with E-state index >= 15 is 0 Å². The first-order chi connectivity index (χ1) is 13.1. The van der Waals surface area contributed by atoms with Crippen molar-refractivity contribution < 1.29 is 18.7 Å². The maximum atomic E-state index is 13.5. The number of anilines is 1. The highest BCUT2D eigenvalue weighted by Gasteiger charge is 2.52. The van der Waals surface area contributed by atoms with E-state index in [2.05, 4.69) is 15.1 Å². The molecule has 7 nitrogen and oxygen atoms in total. The number of nitrogens with zero attached hydrogens (tertiary/aromatic N) is 4. The molecule has 3 aliphatic rings. The fourth-order valence-electron chi connectivity index (χ4n) is 4.79. The van der Waals surface area contributed by atoms with Crippen LogP contribution in [0.2, 0.25) is 0 Å². The standard InChI is InChI=1S/C19H23FN4O3/c20-14-1-2-17(25)16(7-14)13-3-5-23(6-4-13)15-8-19(27-9-15)10-24(11-19)18-22-21-12-26-18/h1-2,7,12-13,15,25H,3-6,8-11H2. The highest BCUT2D eigenvalue weighted by Crippen LogP contribution is 2.41. The Morgan fingerprint density at radius 1 is 1.22 bits per heavy atom. The second kappa shape index (κ2) is 6.45. The van der Waals surface area contributed by atoms with E-state index in [-0.39, 0.29) is 23.1 Å². The van der Waals surface area contributed by atoms with Crippen LogP contribution in [0.25, 0.3) is 0 Å². The lowest BCUT2D eigenvalue weighted by molar-refractivity contribution is -0.0216. The van der Waals surface area contributed by atoms with Gasteiger partial charge in [-0.15, -0.1) is 5.10 Å². The number of hydrogen-bond donors (Lipinski definition) is 1. The Balaban J connectivity index is 1.16.